The second-order valence-corrected chi connectivity index (χ2v) is 5.05. The predicted octanol–water partition coefficient (Wildman–Crippen LogP) is 2.29. The van der Waals surface area contributed by atoms with Crippen LogP contribution in [0.1, 0.15) is 35.2 Å². The molecular formula is C11H16O4S. The van der Waals surface area contributed by atoms with Gasteiger partial charge >= 0.3 is 5.97 Å². The number of rotatable bonds is 6. The highest BCUT2D eigenvalue weighted by atomic mass is 32.2. The molecule has 1 aromatic rings. The molecule has 0 saturated carbocycles. The number of carbonyl (C=O) groups is 1. The molecular weight excluding hydrogens is 228 g/mol. The number of hydrogen-bond donors (Lipinski definition) is 2. The van der Waals surface area contributed by atoms with Crippen molar-refractivity contribution in [1.82, 2.24) is 0 Å². The maximum atomic E-state index is 10.8. The summed E-state index contributed by atoms with van der Waals surface area (Å²) in [7, 11) is 0. The van der Waals surface area contributed by atoms with Crippen LogP contribution in [0.4, 0.5) is 0 Å². The first-order valence-corrected chi connectivity index (χ1v) is 6.14. The van der Waals surface area contributed by atoms with Gasteiger partial charge in [0.25, 0.3) is 0 Å². The Labute approximate surface area is 98.7 Å². The number of thioether (sulfide) groups is 1. The van der Waals surface area contributed by atoms with Gasteiger partial charge in [0.1, 0.15) is 17.1 Å². The van der Waals surface area contributed by atoms with Crippen molar-refractivity contribution in [2.24, 2.45) is 0 Å². The smallest absolute Gasteiger partial charge is 0.339 e. The minimum absolute atomic E-state index is 0.172. The third kappa shape index (κ3) is 3.57. The molecule has 16 heavy (non-hydrogen) atoms. The lowest BCUT2D eigenvalue weighted by atomic mass is 10.2. The summed E-state index contributed by atoms with van der Waals surface area (Å²) in [5.41, 5.74) is 0.227. The Morgan fingerprint density at radius 1 is 1.62 bits per heavy atom. The molecule has 0 spiro atoms. The van der Waals surface area contributed by atoms with E-state index in [1.54, 1.807) is 24.8 Å². The van der Waals surface area contributed by atoms with Gasteiger partial charge in [0.2, 0.25) is 0 Å². The highest BCUT2D eigenvalue weighted by Gasteiger charge is 2.14. The number of aromatic carboxylic acids is 1. The predicted molar refractivity (Wildman–Crippen MR) is 62.9 cm³/mol. The molecule has 0 fully saturated rings. The fraction of sp³-hybridized carbons (Fsp3) is 0.545. The van der Waals surface area contributed by atoms with Crippen molar-refractivity contribution in [2.75, 3.05) is 6.61 Å². The minimum atomic E-state index is -0.957. The van der Waals surface area contributed by atoms with E-state index < -0.39 is 5.97 Å². The lowest BCUT2D eigenvalue weighted by Gasteiger charge is -2.06. The number of hydrogen-bond acceptors (Lipinski definition) is 4. The zero-order valence-corrected chi connectivity index (χ0v) is 10.2. The van der Waals surface area contributed by atoms with Crippen LogP contribution in [0.25, 0.3) is 0 Å². The summed E-state index contributed by atoms with van der Waals surface area (Å²) in [6, 6.07) is 1.57. The number of aryl methyl sites for hydroxylation is 1. The molecule has 1 atom stereocenters. The monoisotopic (exact) mass is 244 g/mol. The van der Waals surface area contributed by atoms with E-state index in [1.807, 2.05) is 6.92 Å². The number of furan rings is 1. The van der Waals surface area contributed by atoms with E-state index in [0.717, 1.165) is 6.42 Å². The van der Waals surface area contributed by atoms with E-state index in [1.165, 1.54) is 0 Å². The van der Waals surface area contributed by atoms with Gasteiger partial charge in [-0.25, -0.2) is 4.79 Å². The summed E-state index contributed by atoms with van der Waals surface area (Å²) in [5.74, 6) is 0.790. The lowest BCUT2D eigenvalue weighted by molar-refractivity contribution is 0.0695. The van der Waals surface area contributed by atoms with Crippen LogP contribution < -0.4 is 0 Å². The second-order valence-electron chi connectivity index (χ2n) is 3.62. The Morgan fingerprint density at radius 3 is 2.81 bits per heavy atom. The minimum Gasteiger partial charge on any atom is -0.478 e. The maximum Gasteiger partial charge on any atom is 0.339 e. The average Bonchev–Trinajstić information content (AvgIpc) is 2.57. The number of aliphatic hydroxyl groups excluding tert-OH is 1. The number of carboxylic acids is 1. The maximum absolute atomic E-state index is 10.8. The van der Waals surface area contributed by atoms with Crippen LogP contribution in [-0.4, -0.2) is 28.0 Å². The molecule has 0 saturated heterocycles. The first kappa shape index (κ1) is 13.1. The Bertz CT molecular complexity index is 359. The molecule has 1 aromatic heterocycles. The van der Waals surface area contributed by atoms with Crippen LogP contribution in [0.15, 0.2) is 10.5 Å². The topological polar surface area (TPSA) is 70.7 Å². The van der Waals surface area contributed by atoms with E-state index in [9.17, 15) is 4.79 Å². The first-order chi connectivity index (χ1) is 7.54. The molecule has 0 aliphatic rings. The van der Waals surface area contributed by atoms with E-state index in [2.05, 4.69) is 0 Å². The van der Waals surface area contributed by atoms with Crippen molar-refractivity contribution in [1.29, 1.82) is 0 Å². The normalized spacial score (nSPS) is 12.7. The highest BCUT2D eigenvalue weighted by molar-refractivity contribution is 7.99. The fourth-order valence-electron chi connectivity index (χ4n) is 1.32. The summed E-state index contributed by atoms with van der Waals surface area (Å²) in [6.45, 7) is 3.84. The Morgan fingerprint density at radius 2 is 2.31 bits per heavy atom. The van der Waals surface area contributed by atoms with Crippen LogP contribution in [0.2, 0.25) is 0 Å². The van der Waals surface area contributed by atoms with Crippen molar-refractivity contribution in [3.8, 4) is 0 Å². The van der Waals surface area contributed by atoms with Crippen molar-refractivity contribution >= 4 is 17.7 Å². The van der Waals surface area contributed by atoms with Gasteiger partial charge in [-0.05, 0) is 19.4 Å². The van der Waals surface area contributed by atoms with Gasteiger partial charge in [0, 0.05) is 11.9 Å². The molecule has 0 amide bonds. The summed E-state index contributed by atoms with van der Waals surface area (Å²) < 4.78 is 5.34. The third-order valence-electron chi connectivity index (χ3n) is 2.24. The molecule has 2 N–H and O–H groups in total. The SMILES string of the molecule is Cc1oc(CSC(C)CCO)cc1C(=O)O. The molecule has 1 unspecified atom stereocenters. The molecule has 90 valence electrons. The molecule has 0 aromatic carbocycles. The fourth-order valence-corrected chi connectivity index (χ4v) is 2.18. The van der Waals surface area contributed by atoms with E-state index in [4.69, 9.17) is 14.6 Å². The summed E-state index contributed by atoms with van der Waals surface area (Å²) >= 11 is 1.64. The van der Waals surface area contributed by atoms with Crippen LogP contribution in [-0.2, 0) is 5.75 Å². The molecule has 1 heterocycles. The van der Waals surface area contributed by atoms with Gasteiger partial charge < -0.3 is 14.6 Å². The molecule has 5 heteroatoms. The standard InChI is InChI=1S/C11H16O4S/c1-7(3-4-12)16-6-9-5-10(11(13)14)8(2)15-9/h5,7,12H,3-4,6H2,1-2H3,(H,13,14). The zero-order valence-electron chi connectivity index (χ0n) is 9.40. The largest absolute Gasteiger partial charge is 0.478 e. The molecule has 0 aliphatic carbocycles. The Kier molecular flexibility index (Phi) is 4.89. The van der Waals surface area contributed by atoms with E-state index in [-0.39, 0.29) is 12.2 Å². The van der Waals surface area contributed by atoms with Crippen LogP contribution >= 0.6 is 11.8 Å². The third-order valence-corrected chi connectivity index (χ3v) is 3.50. The molecule has 0 aliphatic heterocycles. The van der Waals surface area contributed by atoms with Crippen molar-refractivity contribution in [3.05, 3.63) is 23.2 Å². The number of aliphatic hydroxyl groups is 1. The van der Waals surface area contributed by atoms with Crippen molar-refractivity contribution in [2.45, 2.75) is 31.3 Å². The van der Waals surface area contributed by atoms with Gasteiger partial charge in [-0.3, -0.25) is 0 Å². The van der Waals surface area contributed by atoms with Crippen LogP contribution in [0.3, 0.4) is 0 Å². The van der Waals surface area contributed by atoms with Gasteiger partial charge in [-0.1, -0.05) is 6.92 Å². The number of carboxylic acid groups (broad SMARTS) is 1. The zero-order chi connectivity index (χ0) is 12.1. The summed E-state index contributed by atoms with van der Waals surface area (Å²) in [5, 5.41) is 17.9. The van der Waals surface area contributed by atoms with Gasteiger partial charge in [-0.2, -0.15) is 11.8 Å². The van der Waals surface area contributed by atoms with E-state index in [0.29, 0.717) is 22.5 Å². The second kappa shape index (κ2) is 5.96. The Hall–Kier alpha value is -0.940. The quantitative estimate of drug-likeness (QED) is 0.803. The lowest BCUT2D eigenvalue weighted by Crippen LogP contribution is -1.99. The van der Waals surface area contributed by atoms with Crippen molar-refractivity contribution in [3.63, 3.8) is 0 Å². The van der Waals surface area contributed by atoms with Gasteiger partial charge in [-0.15, -0.1) is 0 Å². The average molecular weight is 244 g/mol. The first-order valence-electron chi connectivity index (χ1n) is 5.09. The molecule has 1 rings (SSSR count). The van der Waals surface area contributed by atoms with Gasteiger partial charge in [0.05, 0.1) is 5.75 Å². The summed E-state index contributed by atoms with van der Waals surface area (Å²) in [4.78, 5) is 10.8. The van der Waals surface area contributed by atoms with Crippen LogP contribution in [0.5, 0.6) is 0 Å². The van der Waals surface area contributed by atoms with Gasteiger partial charge in [0.15, 0.2) is 0 Å². The van der Waals surface area contributed by atoms with Crippen LogP contribution in [0, 0.1) is 6.92 Å². The Balaban J connectivity index is 2.55. The highest BCUT2D eigenvalue weighted by Crippen LogP contribution is 2.23. The van der Waals surface area contributed by atoms with Crippen molar-refractivity contribution < 1.29 is 19.4 Å². The molecule has 0 radical (unpaired) electrons. The summed E-state index contributed by atoms with van der Waals surface area (Å²) in [6.07, 6.45) is 0.732. The van der Waals surface area contributed by atoms with E-state index >= 15 is 0 Å². The molecule has 4 nitrogen and oxygen atoms in total. The molecule has 0 bridgehead atoms.